The maximum atomic E-state index is 5.73. The zero-order valence-corrected chi connectivity index (χ0v) is 12.1. The van der Waals surface area contributed by atoms with Gasteiger partial charge in [-0.05, 0) is 5.56 Å². The van der Waals surface area contributed by atoms with Crippen LogP contribution < -0.4 is 5.73 Å². The van der Waals surface area contributed by atoms with Gasteiger partial charge in [0, 0.05) is 23.3 Å². The van der Waals surface area contributed by atoms with Crippen molar-refractivity contribution >= 4 is 28.2 Å². The fraction of sp³-hybridized carbons (Fsp3) is 0.133. The molecule has 0 aliphatic rings. The molecule has 0 aliphatic heterocycles. The molecule has 1 aromatic carbocycles. The van der Waals surface area contributed by atoms with Gasteiger partial charge in [-0.25, -0.2) is 9.97 Å². The molecule has 2 heterocycles. The molecule has 0 unspecified atom stereocenters. The summed E-state index contributed by atoms with van der Waals surface area (Å²) in [5.74, 6) is 0. The van der Waals surface area contributed by atoms with Crippen LogP contribution >= 0.6 is 12.2 Å². The Hall–Kier alpha value is -2.31. The number of benzene rings is 1. The number of aromatic nitrogens is 3. The van der Waals surface area contributed by atoms with Crippen LogP contribution in [0.25, 0.3) is 11.0 Å². The predicted octanol–water partition coefficient (Wildman–Crippen LogP) is 2.24. The fourth-order valence-electron chi connectivity index (χ4n) is 2.16. The van der Waals surface area contributed by atoms with Gasteiger partial charge in [0.05, 0.1) is 6.61 Å². The van der Waals surface area contributed by atoms with Gasteiger partial charge in [-0.3, -0.25) is 0 Å². The fourth-order valence-corrected chi connectivity index (χ4v) is 2.32. The summed E-state index contributed by atoms with van der Waals surface area (Å²) in [7, 11) is 0. The van der Waals surface area contributed by atoms with Crippen LogP contribution in [-0.2, 0) is 18.1 Å². The molecule has 3 rings (SSSR count). The zero-order chi connectivity index (χ0) is 14.7. The molecule has 0 saturated heterocycles. The first-order valence-electron chi connectivity index (χ1n) is 6.46. The maximum absolute atomic E-state index is 5.73. The lowest BCUT2D eigenvalue weighted by molar-refractivity contribution is 0.0664. The van der Waals surface area contributed by atoms with Crippen LogP contribution in [-0.4, -0.2) is 19.5 Å². The minimum absolute atomic E-state index is 0.330. The highest BCUT2D eigenvalue weighted by Gasteiger charge is 2.11. The van der Waals surface area contributed by atoms with E-state index < -0.39 is 0 Å². The van der Waals surface area contributed by atoms with E-state index in [2.05, 4.69) is 9.97 Å². The number of thiocarbonyl (C=S) groups is 1. The third kappa shape index (κ3) is 2.91. The normalized spacial score (nSPS) is 10.9. The van der Waals surface area contributed by atoms with Gasteiger partial charge in [0.25, 0.3) is 0 Å². The quantitative estimate of drug-likeness (QED) is 0.732. The second-order valence-corrected chi connectivity index (χ2v) is 5.04. The molecule has 0 atom stereocenters. The molecular weight excluding hydrogens is 284 g/mol. The molecule has 2 N–H and O–H groups in total. The number of nitrogens with zero attached hydrogens (tertiary/aromatic N) is 3. The summed E-state index contributed by atoms with van der Waals surface area (Å²) in [5.41, 5.74) is 8.39. The summed E-state index contributed by atoms with van der Waals surface area (Å²) in [6.07, 6.45) is 5.07. The molecule has 21 heavy (non-hydrogen) atoms. The Labute approximate surface area is 127 Å². The van der Waals surface area contributed by atoms with E-state index >= 15 is 0 Å². The van der Waals surface area contributed by atoms with E-state index in [0.29, 0.717) is 18.3 Å². The third-order valence-corrected chi connectivity index (χ3v) is 3.37. The van der Waals surface area contributed by atoms with Crippen molar-refractivity contribution in [1.82, 2.24) is 14.5 Å². The van der Waals surface area contributed by atoms with Crippen molar-refractivity contribution < 1.29 is 4.74 Å². The molecule has 0 bridgehead atoms. The summed E-state index contributed by atoms with van der Waals surface area (Å²) in [6, 6.07) is 10.0. The number of hydrogen-bond donors (Lipinski definition) is 1. The van der Waals surface area contributed by atoms with Crippen LogP contribution in [0.15, 0.2) is 49.1 Å². The van der Waals surface area contributed by atoms with Crippen molar-refractivity contribution in [2.75, 3.05) is 0 Å². The number of hydrogen-bond acceptors (Lipinski definition) is 4. The Balaban J connectivity index is 1.79. The molecule has 0 aliphatic carbocycles. The Kier molecular flexibility index (Phi) is 3.89. The van der Waals surface area contributed by atoms with E-state index in [4.69, 9.17) is 22.7 Å². The third-order valence-electron chi connectivity index (χ3n) is 3.15. The Bertz CT molecular complexity index is 770. The smallest absolute Gasteiger partial charge is 0.145 e. The van der Waals surface area contributed by atoms with E-state index in [1.54, 1.807) is 6.20 Å². The predicted molar refractivity (Wildman–Crippen MR) is 84.6 cm³/mol. The summed E-state index contributed by atoms with van der Waals surface area (Å²) in [5, 5.41) is 0.841. The topological polar surface area (TPSA) is 66.0 Å². The molecule has 0 amide bonds. The highest BCUT2D eigenvalue weighted by atomic mass is 32.1. The van der Waals surface area contributed by atoms with Gasteiger partial charge in [-0.2, -0.15) is 0 Å². The Morgan fingerprint density at radius 3 is 2.86 bits per heavy atom. The minimum atomic E-state index is 0.330. The van der Waals surface area contributed by atoms with Crippen molar-refractivity contribution in [2.24, 2.45) is 5.73 Å². The molecule has 3 aromatic rings. The van der Waals surface area contributed by atoms with Crippen molar-refractivity contribution in [3.05, 3.63) is 60.2 Å². The van der Waals surface area contributed by atoms with Gasteiger partial charge in [-0.15, -0.1) is 0 Å². The second kappa shape index (κ2) is 5.99. The molecule has 2 aromatic heterocycles. The van der Waals surface area contributed by atoms with E-state index in [1.165, 1.54) is 6.33 Å². The number of ether oxygens (including phenoxy) is 1. The first kappa shape index (κ1) is 13.7. The molecule has 5 nitrogen and oxygen atoms in total. The van der Waals surface area contributed by atoms with Crippen molar-refractivity contribution in [1.29, 1.82) is 0 Å². The Morgan fingerprint density at radius 2 is 2.10 bits per heavy atom. The zero-order valence-electron chi connectivity index (χ0n) is 11.3. The van der Waals surface area contributed by atoms with Crippen LogP contribution in [0, 0.1) is 0 Å². The lowest BCUT2D eigenvalue weighted by Crippen LogP contribution is -2.08. The average Bonchev–Trinajstić information content (AvgIpc) is 2.88. The lowest BCUT2D eigenvalue weighted by atomic mass is 10.2. The highest BCUT2D eigenvalue weighted by Crippen LogP contribution is 2.18. The van der Waals surface area contributed by atoms with Crippen LogP contribution in [0.5, 0.6) is 0 Å². The van der Waals surface area contributed by atoms with Crippen molar-refractivity contribution in [2.45, 2.75) is 13.3 Å². The highest BCUT2D eigenvalue weighted by molar-refractivity contribution is 7.80. The van der Waals surface area contributed by atoms with E-state index in [0.717, 1.165) is 22.2 Å². The van der Waals surface area contributed by atoms with E-state index in [1.807, 2.05) is 41.1 Å². The number of fused-ring (bicyclic) bond motifs is 1. The summed E-state index contributed by atoms with van der Waals surface area (Å²) in [4.78, 5) is 8.61. The maximum Gasteiger partial charge on any atom is 0.145 e. The minimum Gasteiger partial charge on any atom is -0.389 e. The van der Waals surface area contributed by atoms with Gasteiger partial charge in [0.1, 0.15) is 23.7 Å². The molecule has 0 saturated carbocycles. The Morgan fingerprint density at radius 1 is 1.29 bits per heavy atom. The van der Waals surface area contributed by atoms with Gasteiger partial charge in [-0.1, -0.05) is 42.5 Å². The summed E-state index contributed by atoms with van der Waals surface area (Å²) >= 11 is 5.06. The van der Waals surface area contributed by atoms with Crippen molar-refractivity contribution in [3.63, 3.8) is 0 Å². The second-order valence-electron chi connectivity index (χ2n) is 4.60. The largest absolute Gasteiger partial charge is 0.389 e. The van der Waals surface area contributed by atoms with E-state index in [-0.39, 0.29) is 0 Å². The first-order valence-corrected chi connectivity index (χ1v) is 6.87. The molecule has 106 valence electrons. The molecule has 0 fully saturated rings. The van der Waals surface area contributed by atoms with Crippen LogP contribution in [0.2, 0.25) is 0 Å². The monoisotopic (exact) mass is 298 g/mol. The summed E-state index contributed by atoms with van der Waals surface area (Å²) in [6.45, 7) is 0.916. The van der Waals surface area contributed by atoms with Gasteiger partial charge in [0.15, 0.2) is 0 Å². The molecule has 6 heteroatoms. The molecular formula is C15H14N4OS. The SMILES string of the molecule is NC(=S)c1cn(COCc2ccccc2)c2ncncc12. The van der Waals surface area contributed by atoms with Gasteiger partial charge in [0.2, 0.25) is 0 Å². The molecule has 0 spiro atoms. The van der Waals surface area contributed by atoms with Crippen molar-refractivity contribution in [3.8, 4) is 0 Å². The van der Waals surface area contributed by atoms with Crippen LogP contribution in [0.4, 0.5) is 0 Å². The summed E-state index contributed by atoms with van der Waals surface area (Å²) < 4.78 is 7.61. The lowest BCUT2D eigenvalue weighted by Gasteiger charge is -2.06. The first-order chi connectivity index (χ1) is 10.3. The van der Waals surface area contributed by atoms with Gasteiger partial charge >= 0.3 is 0 Å². The number of nitrogens with two attached hydrogens (primary N) is 1. The average molecular weight is 298 g/mol. The van der Waals surface area contributed by atoms with Crippen LogP contribution in [0.1, 0.15) is 11.1 Å². The van der Waals surface area contributed by atoms with E-state index in [9.17, 15) is 0 Å². The van der Waals surface area contributed by atoms with Crippen LogP contribution in [0.3, 0.4) is 0 Å². The molecule has 0 radical (unpaired) electrons. The standard InChI is InChI=1S/C15H14N4OS/c16-14(21)13-7-19(15-12(13)6-17-9-18-15)10-20-8-11-4-2-1-3-5-11/h1-7,9H,8,10H2,(H2,16,21). The number of rotatable bonds is 5. The van der Waals surface area contributed by atoms with Gasteiger partial charge < -0.3 is 15.0 Å².